The average Bonchev–Trinajstić information content (AvgIpc) is 2.85. The summed E-state index contributed by atoms with van der Waals surface area (Å²) in [6.45, 7) is 4.65. The maximum Gasteiger partial charge on any atom is 0.307 e. The molecule has 1 aromatic carbocycles. The molecule has 1 aromatic heterocycles. The monoisotopic (exact) mass is 473 g/mol. The van der Waals surface area contributed by atoms with Crippen LogP contribution in [0.25, 0.3) is 0 Å². The van der Waals surface area contributed by atoms with Crippen molar-refractivity contribution in [3.8, 4) is 0 Å². The first-order valence-corrected chi connectivity index (χ1v) is 11.6. The van der Waals surface area contributed by atoms with E-state index in [2.05, 4.69) is 26.9 Å². The van der Waals surface area contributed by atoms with E-state index in [0.717, 1.165) is 61.7 Å². The van der Waals surface area contributed by atoms with Crippen molar-refractivity contribution in [3.63, 3.8) is 0 Å². The highest BCUT2D eigenvalue weighted by atomic mass is 19.1. The highest BCUT2D eigenvalue weighted by Crippen LogP contribution is 2.26. The molecule has 8 nitrogen and oxygen atoms in total. The van der Waals surface area contributed by atoms with Gasteiger partial charge in [-0.05, 0) is 18.1 Å². The lowest BCUT2D eigenvalue weighted by Gasteiger charge is -2.32. The highest BCUT2D eigenvalue weighted by Gasteiger charge is 2.24. The predicted octanol–water partition coefficient (Wildman–Crippen LogP) is 3.59. The van der Waals surface area contributed by atoms with Gasteiger partial charge in [0.05, 0.1) is 17.8 Å². The molecule has 0 bridgehead atoms. The molecular formula is C24H29F2N5O3. The fourth-order valence-electron chi connectivity index (χ4n) is 4.22. The molecule has 2 saturated heterocycles. The quantitative estimate of drug-likeness (QED) is 0.615. The molecule has 2 aliphatic rings. The standard InChI is InChI=1S/C24H29F2N5O3/c1-2-16-14-27-24(28-15-16)31-9-5-19(6-10-31)34-29-18-3-7-30(8-4-18)22-13-20(25)17(11-21(22)26)12-23(32)33/h11,13-15,19H,2-10,12H2,1H3,(H,32,33). The number of anilines is 2. The molecule has 182 valence electrons. The number of oxime groups is 1. The molecule has 0 unspecified atom stereocenters. The number of piperidine rings is 2. The summed E-state index contributed by atoms with van der Waals surface area (Å²) < 4.78 is 28.7. The van der Waals surface area contributed by atoms with Gasteiger partial charge in [0.15, 0.2) is 0 Å². The Kier molecular flexibility index (Phi) is 7.54. The van der Waals surface area contributed by atoms with E-state index in [9.17, 15) is 13.6 Å². The van der Waals surface area contributed by atoms with Crippen LogP contribution in [0.15, 0.2) is 29.7 Å². The lowest BCUT2D eigenvalue weighted by molar-refractivity contribution is -0.136. The van der Waals surface area contributed by atoms with Crippen LogP contribution in [0.5, 0.6) is 0 Å². The Morgan fingerprint density at radius 3 is 2.38 bits per heavy atom. The van der Waals surface area contributed by atoms with Crippen LogP contribution >= 0.6 is 0 Å². The van der Waals surface area contributed by atoms with Gasteiger partial charge in [0, 0.05) is 75.9 Å². The summed E-state index contributed by atoms with van der Waals surface area (Å²) >= 11 is 0. The second-order valence-electron chi connectivity index (χ2n) is 8.65. The fraction of sp³-hybridized carbons (Fsp3) is 0.500. The van der Waals surface area contributed by atoms with Crippen molar-refractivity contribution in [1.29, 1.82) is 0 Å². The summed E-state index contributed by atoms with van der Waals surface area (Å²) in [6.07, 6.45) is 6.98. The van der Waals surface area contributed by atoms with Crippen molar-refractivity contribution >= 4 is 23.3 Å². The molecule has 3 heterocycles. The highest BCUT2D eigenvalue weighted by molar-refractivity contribution is 5.86. The molecule has 0 saturated carbocycles. The minimum absolute atomic E-state index is 0.0324. The molecule has 0 aliphatic carbocycles. The molecule has 34 heavy (non-hydrogen) atoms. The van der Waals surface area contributed by atoms with E-state index in [1.54, 1.807) is 4.90 Å². The van der Waals surface area contributed by atoms with Crippen molar-refractivity contribution < 1.29 is 23.5 Å². The van der Waals surface area contributed by atoms with Crippen LogP contribution < -0.4 is 9.80 Å². The summed E-state index contributed by atoms with van der Waals surface area (Å²) in [5.74, 6) is -1.78. The number of halogens is 2. The molecule has 4 rings (SSSR count). The van der Waals surface area contributed by atoms with Crippen LogP contribution in [-0.4, -0.2) is 59.0 Å². The Morgan fingerprint density at radius 1 is 1.09 bits per heavy atom. The summed E-state index contributed by atoms with van der Waals surface area (Å²) in [6, 6.07) is 2.06. The Labute approximate surface area is 197 Å². The fourth-order valence-corrected chi connectivity index (χ4v) is 4.22. The summed E-state index contributed by atoms with van der Waals surface area (Å²) in [5, 5.41) is 13.2. The molecule has 2 aliphatic heterocycles. The van der Waals surface area contributed by atoms with Crippen LogP contribution in [0, 0.1) is 11.6 Å². The summed E-state index contributed by atoms with van der Waals surface area (Å²) in [5.41, 5.74) is 2.01. The van der Waals surface area contributed by atoms with Gasteiger partial charge in [-0.2, -0.15) is 0 Å². The zero-order valence-electron chi connectivity index (χ0n) is 19.2. The third-order valence-corrected chi connectivity index (χ3v) is 6.29. The number of carboxylic acids is 1. The molecule has 0 amide bonds. The third kappa shape index (κ3) is 5.78. The molecular weight excluding hydrogens is 444 g/mol. The van der Waals surface area contributed by atoms with Crippen molar-refractivity contribution in [2.45, 2.75) is 51.6 Å². The Morgan fingerprint density at radius 2 is 1.76 bits per heavy atom. The first kappa shape index (κ1) is 23.8. The number of carboxylic acid groups (broad SMARTS) is 1. The summed E-state index contributed by atoms with van der Waals surface area (Å²) in [7, 11) is 0. The molecule has 2 aromatic rings. The maximum absolute atomic E-state index is 14.5. The molecule has 0 spiro atoms. The van der Waals surface area contributed by atoms with E-state index in [0.29, 0.717) is 25.9 Å². The normalized spacial score (nSPS) is 17.1. The number of benzene rings is 1. The zero-order chi connectivity index (χ0) is 24.1. The first-order chi connectivity index (χ1) is 16.4. The van der Waals surface area contributed by atoms with Crippen LogP contribution in [0.2, 0.25) is 0 Å². The number of hydrogen-bond donors (Lipinski definition) is 1. The van der Waals surface area contributed by atoms with Gasteiger partial charge in [0.2, 0.25) is 5.95 Å². The van der Waals surface area contributed by atoms with E-state index in [1.165, 1.54) is 0 Å². The predicted molar refractivity (Wildman–Crippen MR) is 124 cm³/mol. The van der Waals surface area contributed by atoms with Gasteiger partial charge < -0.3 is 19.7 Å². The number of aromatic nitrogens is 2. The van der Waals surface area contributed by atoms with Gasteiger partial charge in [-0.15, -0.1) is 0 Å². The van der Waals surface area contributed by atoms with E-state index in [4.69, 9.17) is 9.94 Å². The van der Waals surface area contributed by atoms with Gasteiger partial charge in [0.1, 0.15) is 17.7 Å². The molecule has 0 atom stereocenters. The van der Waals surface area contributed by atoms with Crippen LogP contribution in [0.4, 0.5) is 20.4 Å². The maximum atomic E-state index is 14.5. The van der Waals surface area contributed by atoms with Crippen molar-refractivity contribution in [2.75, 3.05) is 36.0 Å². The SMILES string of the molecule is CCc1cnc(N2CCC(ON=C3CCN(c4cc(F)c(CC(=O)O)cc4F)CC3)CC2)nc1. The molecule has 1 N–H and O–H groups in total. The van der Waals surface area contributed by atoms with E-state index in [1.807, 2.05) is 12.4 Å². The Balaban J connectivity index is 1.25. The van der Waals surface area contributed by atoms with Crippen molar-refractivity contribution in [1.82, 2.24) is 9.97 Å². The largest absolute Gasteiger partial charge is 0.481 e. The Hall–Kier alpha value is -3.30. The number of carbonyl (C=O) groups is 1. The van der Waals surface area contributed by atoms with Crippen LogP contribution in [-0.2, 0) is 22.5 Å². The van der Waals surface area contributed by atoms with E-state index < -0.39 is 24.0 Å². The first-order valence-electron chi connectivity index (χ1n) is 11.6. The molecule has 0 radical (unpaired) electrons. The van der Waals surface area contributed by atoms with Crippen LogP contribution in [0.1, 0.15) is 43.7 Å². The molecule has 2 fully saturated rings. The van der Waals surface area contributed by atoms with E-state index >= 15 is 0 Å². The van der Waals surface area contributed by atoms with Gasteiger partial charge in [-0.3, -0.25) is 4.79 Å². The van der Waals surface area contributed by atoms with Crippen LogP contribution in [0.3, 0.4) is 0 Å². The van der Waals surface area contributed by atoms with E-state index in [-0.39, 0.29) is 17.4 Å². The minimum atomic E-state index is -1.20. The number of rotatable bonds is 7. The lowest BCUT2D eigenvalue weighted by atomic mass is 10.1. The molecule has 10 heteroatoms. The Bertz CT molecular complexity index is 1030. The summed E-state index contributed by atoms with van der Waals surface area (Å²) in [4.78, 5) is 29.4. The topological polar surface area (TPSA) is 91.2 Å². The average molecular weight is 474 g/mol. The van der Waals surface area contributed by atoms with Gasteiger partial charge in [-0.25, -0.2) is 18.7 Å². The van der Waals surface area contributed by atoms with Gasteiger partial charge in [-0.1, -0.05) is 12.1 Å². The van der Waals surface area contributed by atoms with Gasteiger partial charge in [0.25, 0.3) is 0 Å². The number of aryl methyl sites for hydroxylation is 1. The van der Waals surface area contributed by atoms with Gasteiger partial charge >= 0.3 is 5.97 Å². The second-order valence-corrected chi connectivity index (χ2v) is 8.65. The minimum Gasteiger partial charge on any atom is -0.481 e. The number of nitrogens with zero attached hydrogens (tertiary/aromatic N) is 5. The third-order valence-electron chi connectivity index (χ3n) is 6.29. The second kappa shape index (κ2) is 10.8. The van der Waals surface area contributed by atoms with Crippen molar-refractivity contribution in [3.05, 3.63) is 47.3 Å². The number of hydrogen-bond acceptors (Lipinski definition) is 7. The zero-order valence-corrected chi connectivity index (χ0v) is 19.2. The smallest absolute Gasteiger partial charge is 0.307 e. The van der Waals surface area contributed by atoms with Crippen molar-refractivity contribution in [2.24, 2.45) is 5.16 Å². The number of aliphatic carboxylic acids is 1. The lowest BCUT2D eigenvalue weighted by Crippen LogP contribution is -2.38.